The van der Waals surface area contributed by atoms with E-state index >= 15 is 0 Å². The van der Waals surface area contributed by atoms with Crippen LogP contribution in [0.25, 0.3) is 0 Å². The molecule has 0 radical (unpaired) electrons. The van der Waals surface area contributed by atoms with Crippen LogP contribution in [0.4, 0.5) is 0 Å². The van der Waals surface area contributed by atoms with E-state index in [0.29, 0.717) is 26.3 Å². The predicted molar refractivity (Wildman–Crippen MR) is 92.2 cm³/mol. The summed E-state index contributed by atoms with van der Waals surface area (Å²) in [5, 5.41) is 9.13. The summed E-state index contributed by atoms with van der Waals surface area (Å²) >= 11 is 0. The van der Waals surface area contributed by atoms with Crippen LogP contribution in [0.2, 0.25) is 0 Å². The molecule has 7 nitrogen and oxygen atoms in total. The molecule has 1 N–H and O–H groups in total. The fraction of sp³-hybridized carbons (Fsp3) is 0.588. The van der Waals surface area contributed by atoms with Gasteiger partial charge in [-0.15, -0.1) is 0 Å². The first-order valence-corrected chi connectivity index (χ1v) is 10.1. The number of hydrogen-bond donors (Lipinski definition) is 1. The second-order valence-electron chi connectivity index (χ2n) is 6.51. The molecule has 2 fully saturated rings. The van der Waals surface area contributed by atoms with Crippen molar-refractivity contribution in [1.82, 2.24) is 9.21 Å². The van der Waals surface area contributed by atoms with E-state index in [0.717, 1.165) is 32.4 Å². The van der Waals surface area contributed by atoms with Gasteiger partial charge in [0.15, 0.2) is 0 Å². The number of nitrogens with zero attached hydrogens (tertiary/aromatic N) is 2. The maximum absolute atomic E-state index is 13.1. The maximum Gasteiger partial charge on any atom is 0.335 e. The van der Waals surface area contributed by atoms with E-state index in [4.69, 9.17) is 9.84 Å². The van der Waals surface area contributed by atoms with E-state index in [1.165, 1.54) is 24.3 Å². The Bertz CT molecular complexity index is 716. The van der Waals surface area contributed by atoms with Gasteiger partial charge in [-0.1, -0.05) is 12.5 Å². The van der Waals surface area contributed by atoms with Gasteiger partial charge in [-0.05, 0) is 31.0 Å². The van der Waals surface area contributed by atoms with E-state index in [-0.39, 0.29) is 16.5 Å². The van der Waals surface area contributed by atoms with Crippen LogP contribution in [0, 0.1) is 0 Å². The molecule has 0 spiro atoms. The van der Waals surface area contributed by atoms with Crippen molar-refractivity contribution in [3.05, 3.63) is 29.8 Å². The molecule has 0 aromatic heterocycles. The molecule has 2 aliphatic heterocycles. The Hall–Kier alpha value is -1.48. The van der Waals surface area contributed by atoms with Crippen LogP contribution in [-0.2, 0) is 14.8 Å². The largest absolute Gasteiger partial charge is 0.478 e. The molecule has 3 rings (SSSR count). The molecule has 0 unspecified atom stereocenters. The minimum absolute atomic E-state index is 0.0113. The average molecular weight is 368 g/mol. The predicted octanol–water partition coefficient (Wildman–Crippen LogP) is 1.26. The molecular formula is C17H24N2O5S. The number of hydrogen-bond acceptors (Lipinski definition) is 5. The molecule has 0 saturated carbocycles. The lowest BCUT2D eigenvalue weighted by Gasteiger charge is -2.38. The van der Waals surface area contributed by atoms with Gasteiger partial charge in [-0.3, -0.25) is 4.90 Å². The van der Waals surface area contributed by atoms with Gasteiger partial charge in [0, 0.05) is 32.2 Å². The number of ether oxygens (including phenoxy) is 1. The van der Waals surface area contributed by atoms with Crippen LogP contribution >= 0.6 is 0 Å². The zero-order chi connectivity index (χ0) is 17.9. The van der Waals surface area contributed by atoms with Crippen molar-refractivity contribution in [1.29, 1.82) is 0 Å². The summed E-state index contributed by atoms with van der Waals surface area (Å²) in [6.07, 6.45) is 2.67. The summed E-state index contributed by atoms with van der Waals surface area (Å²) in [5.41, 5.74) is -0.0113. The highest BCUT2D eigenvalue weighted by Crippen LogP contribution is 2.26. The van der Waals surface area contributed by atoms with E-state index in [1.807, 2.05) is 0 Å². The van der Waals surface area contributed by atoms with Crippen molar-refractivity contribution < 1.29 is 23.1 Å². The number of rotatable bonds is 5. The van der Waals surface area contributed by atoms with Crippen molar-refractivity contribution in [2.45, 2.75) is 30.2 Å². The lowest BCUT2D eigenvalue weighted by Crippen LogP contribution is -2.51. The molecule has 2 aliphatic rings. The monoisotopic (exact) mass is 368 g/mol. The molecule has 0 amide bonds. The third kappa shape index (κ3) is 4.20. The number of aromatic carboxylic acids is 1. The maximum atomic E-state index is 13.1. The van der Waals surface area contributed by atoms with Crippen LogP contribution in [0.15, 0.2) is 29.2 Å². The van der Waals surface area contributed by atoms with Crippen LogP contribution in [-0.4, -0.2) is 74.1 Å². The molecule has 1 atom stereocenters. The van der Waals surface area contributed by atoms with Gasteiger partial charge in [0.05, 0.1) is 23.7 Å². The van der Waals surface area contributed by atoms with Gasteiger partial charge in [-0.25, -0.2) is 13.2 Å². The molecule has 8 heteroatoms. The van der Waals surface area contributed by atoms with Crippen molar-refractivity contribution in [2.75, 3.05) is 39.4 Å². The summed E-state index contributed by atoms with van der Waals surface area (Å²) in [5.74, 6) is -1.12. The molecule has 138 valence electrons. The molecule has 2 saturated heterocycles. The molecule has 1 aromatic rings. The highest BCUT2D eigenvalue weighted by molar-refractivity contribution is 7.89. The Morgan fingerprint density at radius 1 is 1.20 bits per heavy atom. The number of morpholine rings is 1. The second kappa shape index (κ2) is 7.82. The van der Waals surface area contributed by atoms with Crippen LogP contribution < -0.4 is 0 Å². The third-order valence-corrected chi connectivity index (χ3v) is 6.78. The zero-order valence-electron chi connectivity index (χ0n) is 14.1. The Morgan fingerprint density at radius 3 is 2.68 bits per heavy atom. The molecule has 1 aromatic carbocycles. The number of carboxylic acid groups (broad SMARTS) is 1. The van der Waals surface area contributed by atoms with Gasteiger partial charge in [-0.2, -0.15) is 4.31 Å². The lowest BCUT2D eigenvalue weighted by atomic mass is 10.0. The number of carbonyl (C=O) groups is 1. The zero-order valence-corrected chi connectivity index (χ0v) is 15.0. The van der Waals surface area contributed by atoms with E-state index in [2.05, 4.69) is 4.90 Å². The van der Waals surface area contributed by atoms with Crippen molar-refractivity contribution in [3.8, 4) is 0 Å². The van der Waals surface area contributed by atoms with Gasteiger partial charge >= 0.3 is 5.97 Å². The van der Waals surface area contributed by atoms with Crippen molar-refractivity contribution in [2.24, 2.45) is 0 Å². The molecule has 0 bridgehead atoms. The fourth-order valence-corrected chi connectivity index (χ4v) is 5.21. The van der Waals surface area contributed by atoms with E-state index < -0.39 is 16.0 Å². The minimum Gasteiger partial charge on any atom is -0.478 e. The van der Waals surface area contributed by atoms with Crippen molar-refractivity contribution >= 4 is 16.0 Å². The van der Waals surface area contributed by atoms with E-state index in [1.54, 1.807) is 4.31 Å². The molecule has 0 aliphatic carbocycles. The summed E-state index contributed by atoms with van der Waals surface area (Å²) in [4.78, 5) is 13.5. The Labute approximate surface area is 148 Å². The summed E-state index contributed by atoms with van der Waals surface area (Å²) in [7, 11) is -3.71. The Morgan fingerprint density at radius 2 is 1.96 bits per heavy atom. The first kappa shape index (κ1) is 18.3. The van der Waals surface area contributed by atoms with Gasteiger partial charge in [0.1, 0.15) is 0 Å². The van der Waals surface area contributed by atoms with Crippen molar-refractivity contribution in [3.63, 3.8) is 0 Å². The number of piperidine rings is 1. The Balaban J connectivity index is 1.82. The second-order valence-corrected chi connectivity index (χ2v) is 8.40. The Kier molecular flexibility index (Phi) is 5.73. The first-order chi connectivity index (χ1) is 12.0. The van der Waals surface area contributed by atoms with Crippen LogP contribution in [0.5, 0.6) is 0 Å². The lowest BCUT2D eigenvalue weighted by molar-refractivity contribution is 0.0263. The summed E-state index contributed by atoms with van der Waals surface area (Å²) in [6, 6.07) is 5.53. The average Bonchev–Trinajstić information content (AvgIpc) is 2.63. The van der Waals surface area contributed by atoms with Crippen LogP contribution in [0.1, 0.15) is 29.6 Å². The molecule has 2 heterocycles. The summed E-state index contributed by atoms with van der Waals surface area (Å²) in [6.45, 7) is 4.17. The fourth-order valence-electron chi connectivity index (χ4n) is 3.48. The third-order valence-electron chi connectivity index (χ3n) is 4.83. The first-order valence-electron chi connectivity index (χ1n) is 8.64. The standard InChI is InChI=1S/C17H24N2O5S/c20-17(21)14-4-3-6-16(12-14)25(22,23)19-7-2-1-5-15(19)13-18-8-10-24-11-9-18/h3-4,6,12,15H,1-2,5,7-11,13H2,(H,20,21)/t15-/m0/s1. The quantitative estimate of drug-likeness (QED) is 0.842. The highest BCUT2D eigenvalue weighted by atomic mass is 32.2. The smallest absolute Gasteiger partial charge is 0.335 e. The van der Waals surface area contributed by atoms with Gasteiger partial charge in [0.2, 0.25) is 10.0 Å². The number of carboxylic acids is 1. The normalized spacial score (nSPS) is 23.4. The summed E-state index contributed by atoms with van der Waals surface area (Å²) < 4.78 is 33.1. The van der Waals surface area contributed by atoms with Gasteiger partial charge < -0.3 is 9.84 Å². The number of benzene rings is 1. The SMILES string of the molecule is O=C(O)c1cccc(S(=O)(=O)N2CCCC[C@H]2CN2CCOCC2)c1. The highest BCUT2D eigenvalue weighted by Gasteiger charge is 2.34. The van der Waals surface area contributed by atoms with Crippen LogP contribution in [0.3, 0.4) is 0 Å². The van der Waals surface area contributed by atoms with Gasteiger partial charge in [0.25, 0.3) is 0 Å². The topological polar surface area (TPSA) is 87.1 Å². The van der Waals surface area contributed by atoms with E-state index in [9.17, 15) is 13.2 Å². The minimum atomic E-state index is -3.71. The molecule has 25 heavy (non-hydrogen) atoms. The number of sulfonamides is 1. The molecular weight excluding hydrogens is 344 g/mol.